The number of hydrogen-bond acceptors (Lipinski definition) is 5. The molecule has 2 aliphatic carbocycles. The second-order valence-corrected chi connectivity index (χ2v) is 5.52. The number of aliphatic hydroxyl groups is 1. The lowest BCUT2D eigenvalue weighted by atomic mass is 9.78. The van der Waals surface area contributed by atoms with Crippen molar-refractivity contribution in [1.82, 2.24) is 0 Å². The second-order valence-electron chi connectivity index (χ2n) is 5.52. The molecule has 1 heterocycles. The minimum atomic E-state index is -0.686. The Hall–Kier alpha value is -1.36. The van der Waals surface area contributed by atoms with Crippen LogP contribution in [0.5, 0.6) is 0 Å². The number of carbonyl (C=O) groups excluding carboxylic acids is 2. The zero-order chi connectivity index (χ0) is 13.0. The molecule has 3 rings (SSSR count). The fourth-order valence-corrected chi connectivity index (χ4v) is 3.68. The van der Waals surface area contributed by atoms with Crippen LogP contribution in [0.1, 0.15) is 13.3 Å². The van der Waals surface area contributed by atoms with Gasteiger partial charge in [-0.25, -0.2) is 4.79 Å². The Kier molecular flexibility index (Phi) is 2.48. The summed E-state index contributed by atoms with van der Waals surface area (Å²) in [5.74, 6) is -0.924. The van der Waals surface area contributed by atoms with E-state index in [0.29, 0.717) is 12.2 Å². The van der Waals surface area contributed by atoms with Crippen molar-refractivity contribution >= 4 is 11.9 Å². The van der Waals surface area contributed by atoms with Gasteiger partial charge in [0.2, 0.25) is 0 Å². The highest BCUT2D eigenvalue weighted by Gasteiger charge is 2.64. The van der Waals surface area contributed by atoms with Crippen LogP contribution in [0, 0.1) is 23.7 Å². The summed E-state index contributed by atoms with van der Waals surface area (Å²) >= 11 is 0. The summed E-state index contributed by atoms with van der Waals surface area (Å²) in [6.07, 6.45) is -0.542. The number of esters is 2. The number of cyclic esters (lactones) is 1. The third kappa shape index (κ3) is 1.43. The Balaban J connectivity index is 1.80. The third-order valence-corrected chi connectivity index (χ3v) is 4.50. The molecule has 3 fully saturated rings. The number of fused-ring (bicyclic) bond motifs is 5. The van der Waals surface area contributed by atoms with Crippen LogP contribution in [0.3, 0.4) is 0 Å². The molecule has 3 aliphatic rings. The fourth-order valence-electron chi connectivity index (χ4n) is 3.68. The van der Waals surface area contributed by atoms with Crippen LogP contribution in [0.25, 0.3) is 0 Å². The van der Waals surface area contributed by atoms with Crippen LogP contribution in [0.4, 0.5) is 0 Å². The minimum absolute atomic E-state index is 0.00868. The van der Waals surface area contributed by atoms with Gasteiger partial charge in [-0.05, 0) is 19.3 Å². The summed E-state index contributed by atoms with van der Waals surface area (Å²) < 4.78 is 10.3. The first-order valence-electron chi connectivity index (χ1n) is 6.22. The first-order valence-corrected chi connectivity index (χ1v) is 6.22. The van der Waals surface area contributed by atoms with Crippen LogP contribution in [0.2, 0.25) is 0 Å². The van der Waals surface area contributed by atoms with E-state index < -0.39 is 18.2 Å². The Morgan fingerprint density at radius 1 is 1.44 bits per heavy atom. The van der Waals surface area contributed by atoms with Gasteiger partial charge in [-0.2, -0.15) is 0 Å². The number of ether oxygens (including phenoxy) is 2. The molecule has 1 N–H and O–H groups in total. The summed E-state index contributed by atoms with van der Waals surface area (Å²) in [5.41, 5.74) is 0.301. The maximum atomic E-state index is 11.7. The van der Waals surface area contributed by atoms with Gasteiger partial charge in [-0.15, -0.1) is 0 Å². The van der Waals surface area contributed by atoms with Crippen molar-refractivity contribution in [2.24, 2.45) is 23.7 Å². The molecule has 0 aromatic heterocycles. The Morgan fingerprint density at radius 3 is 2.83 bits per heavy atom. The average Bonchev–Trinajstić information content (AvgIpc) is 2.94. The lowest BCUT2D eigenvalue weighted by Crippen LogP contribution is -2.44. The number of aliphatic hydroxyl groups excluding tert-OH is 1. The normalized spacial score (nSPS) is 44.7. The van der Waals surface area contributed by atoms with Gasteiger partial charge in [0, 0.05) is 17.4 Å². The monoisotopic (exact) mass is 252 g/mol. The topological polar surface area (TPSA) is 72.8 Å². The second kappa shape index (κ2) is 3.82. The molecule has 0 spiro atoms. The fraction of sp³-hybridized carbons (Fsp3) is 0.692. The van der Waals surface area contributed by atoms with Crippen molar-refractivity contribution in [2.75, 3.05) is 6.61 Å². The van der Waals surface area contributed by atoms with Gasteiger partial charge in [0.1, 0.15) is 6.10 Å². The standard InChI is InChI=1S/C13H16O5/c1-5(2)12(15)18-11-7-3-6(10(11)14)8-4-17-13(16)9(7)8/h6-11,14H,1,3-4H2,2H3. The molecular weight excluding hydrogens is 236 g/mol. The van der Waals surface area contributed by atoms with Crippen LogP contribution >= 0.6 is 0 Å². The molecular formula is C13H16O5. The average molecular weight is 252 g/mol. The molecule has 98 valence electrons. The van der Waals surface area contributed by atoms with Crippen molar-refractivity contribution < 1.29 is 24.2 Å². The molecule has 0 aromatic rings. The molecule has 0 aromatic carbocycles. The van der Waals surface area contributed by atoms with E-state index in [9.17, 15) is 14.7 Å². The Morgan fingerprint density at radius 2 is 2.17 bits per heavy atom. The van der Waals surface area contributed by atoms with E-state index in [-0.39, 0.29) is 29.6 Å². The van der Waals surface area contributed by atoms with Gasteiger partial charge >= 0.3 is 11.9 Å². The molecule has 1 saturated heterocycles. The zero-order valence-electron chi connectivity index (χ0n) is 10.2. The molecule has 6 unspecified atom stereocenters. The molecule has 2 bridgehead atoms. The largest absolute Gasteiger partial charge is 0.465 e. The Labute approximate surface area is 105 Å². The quantitative estimate of drug-likeness (QED) is 0.564. The summed E-state index contributed by atoms with van der Waals surface area (Å²) in [6.45, 7) is 5.47. The minimum Gasteiger partial charge on any atom is -0.465 e. The van der Waals surface area contributed by atoms with Crippen LogP contribution in [-0.2, 0) is 19.1 Å². The Bertz CT molecular complexity index is 429. The predicted octanol–water partition coefficient (Wildman–Crippen LogP) is 0.274. The van der Waals surface area contributed by atoms with E-state index in [1.165, 1.54) is 0 Å². The SMILES string of the molecule is C=C(C)C(=O)OC1C(O)C2CC1C1C(=O)OCC21. The smallest absolute Gasteiger partial charge is 0.333 e. The molecule has 6 atom stereocenters. The van der Waals surface area contributed by atoms with E-state index in [1.54, 1.807) is 6.92 Å². The first kappa shape index (κ1) is 11.7. The predicted molar refractivity (Wildman–Crippen MR) is 60.2 cm³/mol. The highest BCUT2D eigenvalue weighted by molar-refractivity contribution is 5.87. The summed E-state index contributed by atoms with van der Waals surface area (Å²) in [7, 11) is 0. The van der Waals surface area contributed by atoms with E-state index in [2.05, 4.69) is 6.58 Å². The molecule has 5 nitrogen and oxygen atoms in total. The summed E-state index contributed by atoms with van der Waals surface area (Å²) in [6, 6.07) is 0. The first-order chi connectivity index (χ1) is 8.50. The van der Waals surface area contributed by atoms with Crippen LogP contribution in [-0.4, -0.2) is 35.9 Å². The molecule has 0 amide bonds. The highest BCUT2D eigenvalue weighted by atomic mass is 16.6. The van der Waals surface area contributed by atoms with Crippen molar-refractivity contribution in [1.29, 1.82) is 0 Å². The van der Waals surface area contributed by atoms with E-state index in [0.717, 1.165) is 6.42 Å². The van der Waals surface area contributed by atoms with Gasteiger partial charge < -0.3 is 14.6 Å². The summed E-state index contributed by atoms with van der Waals surface area (Å²) in [4.78, 5) is 23.2. The van der Waals surface area contributed by atoms with Gasteiger partial charge in [-0.1, -0.05) is 6.58 Å². The number of carbonyl (C=O) groups is 2. The molecule has 18 heavy (non-hydrogen) atoms. The van der Waals surface area contributed by atoms with Gasteiger partial charge in [0.25, 0.3) is 0 Å². The van der Waals surface area contributed by atoms with E-state index >= 15 is 0 Å². The number of rotatable bonds is 2. The van der Waals surface area contributed by atoms with Crippen molar-refractivity contribution in [2.45, 2.75) is 25.6 Å². The highest BCUT2D eigenvalue weighted by Crippen LogP contribution is 2.56. The van der Waals surface area contributed by atoms with E-state index in [4.69, 9.17) is 9.47 Å². The maximum absolute atomic E-state index is 11.7. The third-order valence-electron chi connectivity index (χ3n) is 4.50. The molecule has 2 saturated carbocycles. The van der Waals surface area contributed by atoms with Crippen LogP contribution < -0.4 is 0 Å². The van der Waals surface area contributed by atoms with Gasteiger partial charge in [0.15, 0.2) is 0 Å². The molecule has 5 heteroatoms. The van der Waals surface area contributed by atoms with Crippen molar-refractivity contribution in [3.63, 3.8) is 0 Å². The van der Waals surface area contributed by atoms with Crippen molar-refractivity contribution in [3.05, 3.63) is 12.2 Å². The lowest BCUT2D eigenvalue weighted by Gasteiger charge is -2.32. The van der Waals surface area contributed by atoms with Gasteiger partial charge in [-0.3, -0.25) is 4.79 Å². The molecule has 0 radical (unpaired) electrons. The zero-order valence-corrected chi connectivity index (χ0v) is 10.2. The van der Waals surface area contributed by atoms with Gasteiger partial charge in [0.05, 0.1) is 18.6 Å². The summed E-state index contributed by atoms with van der Waals surface area (Å²) in [5, 5.41) is 10.2. The van der Waals surface area contributed by atoms with Crippen LogP contribution in [0.15, 0.2) is 12.2 Å². The lowest BCUT2D eigenvalue weighted by molar-refractivity contribution is -0.160. The van der Waals surface area contributed by atoms with Crippen molar-refractivity contribution in [3.8, 4) is 0 Å². The van der Waals surface area contributed by atoms with E-state index in [1.807, 2.05) is 0 Å². The number of hydrogen-bond donors (Lipinski definition) is 1. The molecule has 1 aliphatic heterocycles. The maximum Gasteiger partial charge on any atom is 0.333 e.